The van der Waals surface area contributed by atoms with Crippen molar-refractivity contribution in [1.82, 2.24) is 10.6 Å². The summed E-state index contributed by atoms with van der Waals surface area (Å²) in [6.07, 6.45) is 3.86. The average Bonchev–Trinajstić information content (AvgIpc) is 3.27. The van der Waals surface area contributed by atoms with Crippen LogP contribution in [-0.4, -0.2) is 26.1 Å². The summed E-state index contributed by atoms with van der Waals surface area (Å²) in [5.41, 5.74) is 1.41. The first-order chi connectivity index (χ1) is 9.29. The topological polar surface area (TPSA) is 36.4 Å². The third-order valence-corrected chi connectivity index (χ3v) is 3.72. The molecule has 0 saturated heterocycles. The largest absolute Gasteiger partial charge is 0.356 e. The van der Waals surface area contributed by atoms with Gasteiger partial charge >= 0.3 is 0 Å². The van der Waals surface area contributed by atoms with Gasteiger partial charge in [0.1, 0.15) is 0 Å². The fourth-order valence-corrected chi connectivity index (χ4v) is 2.14. The normalized spacial score (nSPS) is 17.1. The second kappa shape index (κ2) is 7.17. The van der Waals surface area contributed by atoms with Gasteiger partial charge in [0.05, 0.1) is 0 Å². The Labute approximate surface area is 116 Å². The van der Waals surface area contributed by atoms with Crippen LogP contribution in [0.2, 0.25) is 0 Å². The molecule has 0 amide bonds. The Morgan fingerprint density at radius 3 is 2.63 bits per heavy atom. The molecule has 19 heavy (non-hydrogen) atoms. The molecule has 1 aromatic rings. The Morgan fingerprint density at radius 1 is 1.26 bits per heavy atom. The van der Waals surface area contributed by atoms with Gasteiger partial charge in [-0.1, -0.05) is 37.3 Å². The molecule has 0 spiro atoms. The molecule has 1 fully saturated rings. The minimum atomic E-state index is 0.579. The molecule has 1 unspecified atom stereocenters. The third kappa shape index (κ3) is 4.93. The SMILES string of the molecule is CN=C(NCCC(C)c1ccccc1)NCC1CC1. The van der Waals surface area contributed by atoms with Crippen LogP contribution in [0.1, 0.15) is 37.7 Å². The fourth-order valence-electron chi connectivity index (χ4n) is 2.14. The van der Waals surface area contributed by atoms with E-state index in [-0.39, 0.29) is 0 Å². The third-order valence-electron chi connectivity index (χ3n) is 3.72. The maximum Gasteiger partial charge on any atom is 0.190 e. The summed E-state index contributed by atoms with van der Waals surface area (Å²) in [6, 6.07) is 10.7. The number of nitrogens with one attached hydrogen (secondary N) is 2. The van der Waals surface area contributed by atoms with Gasteiger partial charge in [-0.15, -0.1) is 0 Å². The van der Waals surface area contributed by atoms with E-state index >= 15 is 0 Å². The fraction of sp³-hybridized carbons (Fsp3) is 0.562. The van der Waals surface area contributed by atoms with E-state index in [0.29, 0.717) is 5.92 Å². The van der Waals surface area contributed by atoms with Gasteiger partial charge in [0.2, 0.25) is 0 Å². The van der Waals surface area contributed by atoms with Crippen molar-refractivity contribution in [3.8, 4) is 0 Å². The van der Waals surface area contributed by atoms with Gasteiger partial charge in [-0.2, -0.15) is 0 Å². The number of aliphatic imine (C=N–C) groups is 1. The maximum atomic E-state index is 4.25. The molecule has 1 aliphatic carbocycles. The van der Waals surface area contributed by atoms with Crippen molar-refractivity contribution in [3.05, 3.63) is 35.9 Å². The van der Waals surface area contributed by atoms with Crippen molar-refractivity contribution in [2.45, 2.75) is 32.1 Å². The van der Waals surface area contributed by atoms with Gasteiger partial charge in [-0.05, 0) is 36.7 Å². The van der Waals surface area contributed by atoms with Crippen molar-refractivity contribution in [2.75, 3.05) is 20.1 Å². The average molecular weight is 259 g/mol. The Bertz CT molecular complexity index is 396. The zero-order chi connectivity index (χ0) is 13.5. The predicted octanol–water partition coefficient (Wildman–Crippen LogP) is 2.76. The minimum Gasteiger partial charge on any atom is -0.356 e. The van der Waals surface area contributed by atoms with E-state index in [2.05, 4.69) is 52.9 Å². The van der Waals surface area contributed by atoms with E-state index in [1.807, 2.05) is 7.05 Å². The molecule has 0 aromatic heterocycles. The summed E-state index contributed by atoms with van der Waals surface area (Å²) < 4.78 is 0. The molecule has 1 aliphatic rings. The number of hydrogen-bond acceptors (Lipinski definition) is 1. The summed E-state index contributed by atoms with van der Waals surface area (Å²) in [4.78, 5) is 4.25. The zero-order valence-corrected chi connectivity index (χ0v) is 12.0. The van der Waals surface area contributed by atoms with Crippen LogP contribution in [0.3, 0.4) is 0 Å². The Hall–Kier alpha value is -1.51. The highest BCUT2D eigenvalue weighted by Crippen LogP contribution is 2.27. The van der Waals surface area contributed by atoms with Crippen LogP contribution < -0.4 is 10.6 Å². The van der Waals surface area contributed by atoms with Crippen molar-refractivity contribution >= 4 is 5.96 Å². The maximum absolute atomic E-state index is 4.25. The van der Waals surface area contributed by atoms with Gasteiger partial charge < -0.3 is 10.6 Å². The first kappa shape index (κ1) is 13.9. The lowest BCUT2D eigenvalue weighted by molar-refractivity contribution is 0.647. The number of hydrogen-bond donors (Lipinski definition) is 2. The number of guanidine groups is 1. The lowest BCUT2D eigenvalue weighted by Gasteiger charge is -2.15. The van der Waals surface area contributed by atoms with Crippen LogP contribution >= 0.6 is 0 Å². The van der Waals surface area contributed by atoms with Crippen LogP contribution in [0.15, 0.2) is 35.3 Å². The molecule has 3 heteroatoms. The predicted molar refractivity (Wildman–Crippen MR) is 81.6 cm³/mol. The van der Waals surface area contributed by atoms with Gasteiger partial charge in [0.15, 0.2) is 5.96 Å². The molecular weight excluding hydrogens is 234 g/mol. The number of nitrogens with zero attached hydrogens (tertiary/aromatic N) is 1. The second-order valence-electron chi connectivity index (χ2n) is 5.42. The van der Waals surface area contributed by atoms with Gasteiger partial charge in [-0.3, -0.25) is 4.99 Å². The van der Waals surface area contributed by atoms with Crippen LogP contribution in [0, 0.1) is 5.92 Å². The Balaban J connectivity index is 1.66. The second-order valence-corrected chi connectivity index (χ2v) is 5.42. The molecule has 2 N–H and O–H groups in total. The number of benzene rings is 1. The molecule has 0 heterocycles. The highest BCUT2D eigenvalue weighted by atomic mass is 15.2. The molecule has 2 rings (SSSR count). The van der Waals surface area contributed by atoms with E-state index in [4.69, 9.17) is 0 Å². The smallest absolute Gasteiger partial charge is 0.190 e. The molecule has 104 valence electrons. The van der Waals surface area contributed by atoms with E-state index in [1.54, 1.807) is 0 Å². The highest BCUT2D eigenvalue weighted by Gasteiger charge is 2.20. The van der Waals surface area contributed by atoms with E-state index in [0.717, 1.165) is 31.4 Å². The standard InChI is InChI=1S/C16H25N3/c1-13(15-6-4-3-5-7-15)10-11-18-16(17-2)19-12-14-8-9-14/h3-7,13-14H,8-12H2,1-2H3,(H2,17,18,19). The summed E-state index contributed by atoms with van der Waals surface area (Å²) in [5, 5.41) is 6.78. The Kier molecular flexibility index (Phi) is 5.25. The Morgan fingerprint density at radius 2 is 2.00 bits per heavy atom. The van der Waals surface area contributed by atoms with Gasteiger partial charge in [0, 0.05) is 20.1 Å². The van der Waals surface area contributed by atoms with Crippen molar-refractivity contribution in [2.24, 2.45) is 10.9 Å². The highest BCUT2D eigenvalue weighted by molar-refractivity contribution is 5.79. The molecule has 0 radical (unpaired) electrons. The lowest BCUT2D eigenvalue weighted by atomic mass is 9.98. The molecule has 0 aliphatic heterocycles. The van der Waals surface area contributed by atoms with E-state index in [1.165, 1.54) is 18.4 Å². The monoisotopic (exact) mass is 259 g/mol. The van der Waals surface area contributed by atoms with Crippen LogP contribution in [0.4, 0.5) is 0 Å². The van der Waals surface area contributed by atoms with Crippen LogP contribution in [0.5, 0.6) is 0 Å². The van der Waals surface area contributed by atoms with Gasteiger partial charge in [0.25, 0.3) is 0 Å². The van der Waals surface area contributed by atoms with Crippen molar-refractivity contribution in [1.29, 1.82) is 0 Å². The summed E-state index contributed by atoms with van der Waals surface area (Å²) >= 11 is 0. The minimum absolute atomic E-state index is 0.579. The molecule has 1 aromatic carbocycles. The summed E-state index contributed by atoms with van der Waals surface area (Å²) in [7, 11) is 1.84. The lowest BCUT2D eigenvalue weighted by Crippen LogP contribution is -2.39. The molecule has 1 atom stereocenters. The van der Waals surface area contributed by atoms with Crippen molar-refractivity contribution in [3.63, 3.8) is 0 Å². The summed E-state index contributed by atoms with van der Waals surface area (Å²) in [6.45, 7) is 4.30. The number of rotatable bonds is 6. The van der Waals surface area contributed by atoms with E-state index < -0.39 is 0 Å². The van der Waals surface area contributed by atoms with Crippen LogP contribution in [0.25, 0.3) is 0 Å². The van der Waals surface area contributed by atoms with Gasteiger partial charge in [-0.25, -0.2) is 0 Å². The molecular formula is C16H25N3. The van der Waals surface area contributed by atoms with Crippen LogP contribution in [-0.2, 0) is 0 Å². The quantitative estimate of drug-likeness (QED) is 0.609. The zero-order valence-electron chi connectivity index (χ0n) is 12.0. The first-order valence-electron chi connectivity index (χ1n) is 7.29. The van der Waals surface area contributed by atoms with E-state index in [9.17, 15) is 0 Å². The molecule has 0 bridgehead atoms. The molecule has 3 nitrogen and oxygen atoms in total. The molecule has 1 saturated carbocycles. The summed E-state index contributed by atoms with van der Waals surface area (Å²) in [5.74, 6) is 2.39. The first-order valence-corrected chi connectivity index (χ1v) is 7.29. The van der Waals surface area contributed by atoms with Crippen molar-refractivity contribution < 1.29 is 0 Å².